The van der Waals surface area contributed by atoms with Gasteiger partial charge in [-0.3, -0.25) is 25.4 Å². The van der Waals surface area contributed by atoms with Gasteiger partial charge in [0.1, 0.15) is 5.75 Å². The maximum Gasteiger partial charge on any atom is 0.271 e. The van der Waals surface area contributed by atoms with Crippen LogP contribution in [-0.4, -0.2) is 23.4 Å². The monoisotopic (exact) mass is 312 g/mol. The highest BCUT2D eigenvalue weighted by atomic mass is 16.5. The zero-order valence-electron chi connectivity index (χ0n) is 12.3. The van der Waals surface area contributed by atoms with E-state index in [1.54, 1.807) is 42.6 Å². The third kappa shape index (κ3) is 4.85. The second-order valence-electron chi connectivity index (χ2n) is 4.58. The zero-order chi connectivity index (χ0) is 16.7. The molecule has 1 aromatic heterocycles. The van der Waals surface area contributed by atoms with Gasteiger partial charge in [-0.2, -0.15) is 0 Å². The Kier molecular flexibility index (Phi) is 5.30. The van der Waals surface area contributed by atoms with Crippen LogP contribution < -0.4 is 21.3 Å². The maximum absolute atomic E-state index is 11.9. The Labute approximate surface area is 133 Å². The van der Waals surface area contributed by atoms with Crippen LogP contribution in [-0.2, 0) is 4.79 Å². The van der Waals surface area contributed by atoms with E-state index in [2.05, 4.69) is 22.4 Å². The van der Waals surface area contributed by atoms with E-state index in [0.29, 0.717) is 17.0 Å². The average Bonchev–Trinajstić information content (AvgIpc) is 2.58. The van der Waals surface area contributed by atoms with Gasteiger partial charge in [-0.25, -0.2) is 0 Å². The molecule has 0 unspecified atom stereocenters. The number of hydrazine groups is 1. The highest BCUT2D eigenvalue weighted by molar-refractivity contribution is 5.94. The molecule has 0 saturated carbocycles. The number of amides is 2. The number of hydrogen-bond acceptors (Lipinski definition) is 5. The van der Waals surface area contributed by atoms with E-state index >= 15 is 0 Å². The fourth-order valence-corrected chi connectivity index (χ4v) is 1.68. The summed E-state index contributed by atoms with van der Waals surface area (Å²) in [6, 6.07) is 10.2. The molecule has 0 spiro atoms. The van der Waals surface area contributed by atoms with E-state index in [1.165, 1.54) is 6.20 Å². The number of rotatable bonds is 7. The smallest absolute Gasteiger partial charge is 0.271 e. The number of hydrogen-bond donors (Lipinski definition) is 3. The van der Waals surface area contributed by atoms with E-state index in [0.717, 1.165) is 5.56 Å². The SMILES string of the molecule is C=C(NNC(=O)c1cccnc1)c1ccc(OCC(N)=O)cc1. The molecular weight excluding hydrogens is 296 g/mol. The lowest BCUT2D eigenvalue weighted by molar-refractivity contribution is -0.119. The second kappa shape index (κ2) is 7.60. The van der Waals surface area contributed by atoms with Gasteiger partial charge in [-0.1, -0.05) is 6.58 Å². The minimum Gasteiger partial charge on any atom is -0.484 e. The predicted molar refractivity (Wildman–Crippen MR) is 85.0 cm³/mol. The molecule has 4 N–H and O–H groups in total. The molecule has 0 radical (unpaired) electrons. The van der Waals surface area contributed by atoms with Crippen molar-refractivity contribution in [2.75, 3.05) is 6.61 Å². The second-order valence-corrected chi connectivity index (χ2v) is 4.58. The van der Waals surface area contributed by atoms with Gasteiger partial charge in [0.05, 0.1) is 11.3 Å². The van der Waals surface area contributed by atoms with Gasteiger partial charge in [0.15, 0.2) is 6.61 Å². The predicted octanol–water partition coefficient (Wildman–Crippen LogP) is 0.851. The standard InChI is InChI=1S/C16H16N4O3/c1-11(19-20-16(22)13-3-2-8-18-9-13)12-4-6-14(7-5-12)23-10-15(17)21/h2-9,19H,1,10H2,(H2,17,21)(H,20,22). The number of ether oxygens (including phenoxy) is 1. The molecule has 2 aromatic rings. The van der Waals surface area contributed by atoms with E-state index in [1.807, 2.05) is 0 Å². The summed E-state index contributed by atoms with van der Waals surface area (Å²) in [6.07, 6.45) is 3.05. The maximum atomic E-state index is 11.9. The highest BCUT2D eigenvalue weighted by Crippen LogP contribution is 2.15. The van der Waals surface area contributed by atoms with Crippen molar-refractivity contribution >= 4 is 17.5 Å². The lowest BCUT2D eigenvalue weighted by Crippen LogP contribution is -2.35. The summed E-state index contributed by atoms with van der Waals surface area (Å²) in [5.41, 5.74) is 12.0. The fourth-order valence-electron chi connectivity index (χ4n) is 1.68. The molecule has 23 heavy (non-hydrogen) atoms. The van der Waals surface area contributed by atoms with Gasteiger partial charge in [-0.15, -0.1) is 0 Å². The number of nitrogens with two attached hydrogens (primary N) is 1. The average molecular weight is 312 g/mol. The van der Waals surface area contributed by atoms with Gasteiger partial charge >= 0.3 is 0 Å². The molecule has 0 aliphatic rings. The van der Waals surface area contributed by atoms with E-state index in [9.17, 15) is 9.59 Å². The summed E-state index contributed by atoms with van der Waals surface area (Å²) in [4.78, 5) is 26.4. The van der Waals surface area contributed by atoms with Crippen LogP contribution in [0, 0.1) is 0 Å². The number of aromatic nitrogens is 1. The molecule has 2 rings (SSSR count). The van der Waals surface area contributed by atoms with Crippen LogP contribution in [0.25, 0.3) is 5.70 Å². The van der Waals surface area contributed by atoms with Crippen LogP contribution in [0.5, 0.6) is 5.75 Å². The minimum atomic E-state index is -0.543. The van der Waals surface area contributed by atoms with Crippen LogP contribution in [0.4, 0.5) is 0 Å². The van der Waals surface area contributed by atoms with Crippen molar-refractivity contribution in [3.63, 3.8) is 0 Å². The molecule has 0 saturated heterocycles. The molecule has 0 fully saturated rings. The van der Waals surface area contributed by atoms with Crippen molar-refractivity contribution in [3.8, 4) is 5.75 Å². The summed E-state index contributed by atoms with van der Waals surface area (Å²) in [5, 5.41) is 0. The number of benzene rings is 1. The lowest BCUT2D eigenvalue weighted by atomic mass is 10.2. The van der Waals surface area contributed by atoms with E-state index in [-0.39, 0.29) is 12.5 Å². The Hall–Kier alpha value is -3.35. The summed E-state index contributed by atoms with van der Waals surface area (Å²) in [5.74, 6) is -0.348. The molecule has 1 aromatic carbocycles. The topological polar surface area (TPSA) is 106 Å². The number of nitrogens with one attached hydrogen (secondary N) is 2. The van der Waals surface area contributed by atoms with Gasteiger partial charge < -0.3 is 10.5 Å². The van der Waals surface area contributed by atoms with Crippen molar-refractivity contribution in [2.45, 2.75) is 0 Å². The molecule has 7 nitrogen and oxygen atoms in total. The lowest BCUT2D eigenvalue weighted by Gasteiger charge is -2.12. The Morgan fingerprint density at radius 1 is 1.13 bits per heavy atom. The highest BCUT2D eigenvalue weighted by Gasteiger charge is 2.06. The van der Waals surface area contributed by atoms with Gasteiger partial charge in [-0.05, 0) is 42.0 Å². The van der Waals surface area contributed by atoms with Crippen molar-refractivity contribution in [2.24, 2.45) is 5.73 Å². The van der Waals surface area contributed by atoms with Crippen molar-refractivity contribution < 1.29 is 14.3 Å². The number of carbonyl (C=O) groups excluding carboxylic acids is 2. The third-order valence-corrected chi connectivity index (χ3v) is 2.83. The summed E-state index contributed by atoms with van der Waals surface area (Å²) < 4.78 is 5.16. The molecule has 2 amide bonds. The van der Waals surface area contributed by atoms with Crippen molar-refractivity contribution in [1.29, 1.82) is 0 Å². The van der Waals surface area contributed by atoms with Crippen molar-refractivity contribution in [1.82, 2.24) is 15.8 Å². The first-order chi connectivity index (χ1) is 11.1. The summed E-state index contributed by atoms with van der Waals surface area (Å²) >= 11 is 0. The largest absolute Gasteiger partial charge is 0.484 e. The molecule has 0 bridgehead atoms. The summed E-state index contributed by atoms with van der Waals surface area (Å²) in [6.45, 7) is 3.66. The number of carbonyl (C=O) groups is 2. The number of nitrogens with zero attached hydrogens (tertiary/aromatic N) is 1. The minimum absolute atomic E-state index is 0.181. The molecule has 0 aliphatic carbocycles. The van der Waals surface area contributed by atoms with Gasteiger partial charge in [0, 0.05) is 12.4 Å². The van der Waals surface area contributed by atoms with Crippen LogP contribution in [0.15, 0.2) is 55.4 Å². The molecule has 7 heteroatoms. The first-order valence-electron chi connectivity index (χ1n) is 6.73. The Morgan fingerprint density at radius 3 is 2.48 bits per heavy atom. The van der Waals surface area contributed by atoms with E-state index < -0.39 is 5.91 Å². The quantitative estimate of drug-likeness (QED) is 0.657. The zero-order valence-corrected chi connectivity index (χ0v) is 12.3. The van der Waals surface area contributed by atoms with Crippen molar-refractivity contribution in [3.05, 3.63) is 66.5 Å². The Morgan fingerprint density at radius 2 is 1.87 bits per heavy atom. The molecule has 0 atom stereocenters. The van der Waals surface area contributed by atoms with Crippen LogP contribution >= 0.6 is 0 Å². The third-order valence-electron chi connectivity index (χ3n) is 2.83. The first-order valence-corrected chi connectivity index (χ1v) is 6.73. The fraction of sp³-hybridized carbons (Fsp3) is 0.0625. The summed E-state index contributed by atoms with van der Waals surface area (Å²) in [7, 11) is 0. The Balaban J connectivity index is 1.88. The van der Waals surface area contributed by atoms with E-state index in [4.69, 9.17) is 10.5 Å². The van der Waals surface area contributed by atoms with Gasteiger partial charge in [0.25, 0.3) is 11.8 Å². The Bertz CT molecular complexity index is 699. The first kappa shape index (κ1) is 16.0. The number of primary amides is 1. The molecule has 0 aliphatic heterocycles. The molecular formula is C16H16N4O3. The number of pyridine rings is 1. The van der Waals surface area contributed by atoms with Crippen LogP contribution in [0.2, 0.25) is 0 Å². The van der Waals surface area contributed by atoms with Crippen LogP contribution in [0.1, 0.15) is 15.9 Å². The molecule has 118 valence electrons. The normalized spacial score (nSPS) is 9.74. The molecule has 1 heterocycles. The van der Waals surface area contributed by atoms with Gasteiger partial charge in [0.2, 0.25) is 0 Å². The van der Waals surface area contributed by atoms with Crippen LogP contribution in [0.3, 0.4) is 0 Å².